The first kappa shape index (κ1) is 5.70. The number of aromatic nitrogens is 2. The first-order valence-electron chi connectivity index (χ1n) is 3.22. The quantitative estimate of drug-likeness (QED) is 0.608. The predicted octanol–water partition coefficient (Wildman–Crippen LogP) is 0.817. The summed E-state index contributed by atoms with van der Waals surface area (Å²) < 4.78 is 12.4. The van der Waals surface area contributed by atoms with Gasteiger partial charge >= 0.3 is 0 Å². The van der Waals surface area contributed by atoms with Crippen LogP contribution in [0.5, 0.6) is 0 Å². The fourth-order valence-corrected chi connectivity index (χ4v) is 1.03. The maximum atomic E-state index is 12.4. The van der Waals surface area contributed by atoms with E-state index < -0.39 is 6.17 Å². The van der Waals surface area contributed by atoms with Crippen molar-refractivity contribution >= 4 is 5.82 Å². The molecule has 2 rings (SSSR count). The fourth-order valence-electron chi connectivity index (χ4n) is 1.03. The van der Waals surface area contributed by atoms with Gasteiger partial charge in [0.05, 0.1) is 0 Å². The number of alkyl halides is 1. The van der Waals surface area contributed by atoms with Crippen LogP contribution in [-0.2, 0) is 0 Å². The van der Waals surface area contributed by atoms with Gasteiger partial charge in [-0.25, -0.2) is 4.39 Å². The van der Waals surface area contributed by atoms with Crippen molar-refractivity contribution in [3.63, 3.8) is 0 Å². The second kappa shape index (κ2) is 1.71. The Morgan fingerprint density at radius 2 is 2.50 bits per heavy atom. The van der Waals surface area contributed by atoms with Gasteiger partial charge in [-0.2, -0.15) is 5.10 Å². The summed E-state index contributed by atoms with van der Waals surface area (Å²) in [5.41, 5.74) is 6.15. The number of aromatic amines is 1. The second-order valence-corrected chi connectivity index (χ2v) is 2.61. The predicted molar refractivity (Wildman–Crippen MR) is 35.3 cm³/mol. The molecule has 0 spiro atoms. The minimum absolute atomic E-state index is 0.0322. The number of nitrogens with one attached hydrogen (secondary N) is 1. The monoisotopic (exact) mass is 141 g/mol. The summed E-state index contributed by atoms with van der Waals surface area (Å²) in [6.45, 7) is 0. The Labute approximate surface area is 57.4 Å². The van der Waals surface area contributed by atoms with Crippen LogP contribution < -0.4 is 5.73 Å². The van der Waals surface area contributed by atoms with Crippen LogP contribution in [0.15, 0.2) is 6.07 Å². The van der Waals surface area contributed by atoms with Crippen LogP contribution >= 0.6 is 0 Å². The van der Waals surface area contributed by atoms with Gasteiger partial charge in [0.1, 0.15) is 12.0 Å². The van der Waals surface area contributed by atoms with Gasteiger partial charge in [0.2, 0.25) is 0 Å². The molecule has 0 amide bonds. The molecule has 3 N–H and O–H groups in total. The standard InChI is InChI=1S/C6H8FN3/c7-4-1-3(4)5-2-6(8)10-9-5/h2-4H,1H2,(H3,8,9,10)/t3-,4+/m0/s1. The van der Waals surface area contributed by atoms with Crippen molar-refractivity contribution in [2.45, 2.75) is 18.5 Å². The van der Waals surface area contributed by atoms with Crippen molar-refractivity contribution in [3.8, 4) is 0 Å². The molecule has 0 aliphatic heterocycles. The van der Waals surface area contributed by atoms with E-state index in [-0.39, 0.29) is 5.92 Å². The van der Waals surface area contributed by atoms with Crippen LogP contribution in [0, 0.1) is 0 Å². The zero-order chi connectivity index (χ0) is 7.14. The summed E-state index contributed by atoms with van der Waals surface area (Å²) in [5, 5.41) is 6.38. The highest BCUT2D eigenvalue weighted by Crippen LogP contribution is 2.42. The Morgan fingerprint density at radius 1 is 1.80 bits per heavy atom. The minimum Gasteiger partial charge on any atom is -0.382 e. The van der Waals surface area contributed by atoms with Gasteiger partial charge in [0.25, 0.3) is 0 Å². The maximum Gasteiger partial charge on any atom is 0.145 e. The highest BCUT2D eigenvalue weighted by Gasteiger charge is 2.39. The van der Waals surface area contributed by atoms with Crippen LogP contribution in [0.3, 0.4) is 0 Å². The van der Waals surface area contributed by atoms with Gasteiger partial charge in [0, 0.05) is 17.7 Å². The van der Waals surface area contributed by atoms with Gasteiger partial charge in [0.15, 0.2) is 0 Å². The molecular formula is C6H8FN3. The minimum atomic E-state index is -0.681. The number of halogens is 1. The van der Waals surface area contributed by atoms with E-state index in [4.69, 9.17) is 5.73 Å². The molecular weight excluding hydrogens is 133 g/mol. The number of nitrogen functional groups attached to an aromatic ring is 1. The van der Waals surface area contributed by atoms with Crippen molar-refractivity contribution < 1.29 is 4.39 Å². The SMILES string of the molecule is Nc1cc([C@H]2C[C@H]2F)[nH]n1. The molecule has 1 aliphatic carbocycles. The van der Waals surface area contributed by atoms with Crippen LogP contribution in [0.4, 0.5) is 10.2 Å². The molecule has 2 atom stereocenters. The zero-order valence-electron chi connectivity index (χ0n) is 5.34. The molecule has 0 bridgehead atoms. The molecule has 1 fully saturated rings. The molecule has 1 aliphatic rings. The first-order chi connectivity index (χ1) is 4.77. The highest BCUT2D eigenvalue weighted by atomic mass is 19.1. The molecule has 1 heterocycles. The zero-order valence-corrected chi connectivity index (χ0v) is 5.34. The van der Waals surface area contributed by atoms with Crippen molar-refractivity contribution in [3.05, 3.63) is 11.8 Å². The third kappa shape index (κ3) is 0.761. The van der Waals surface area contributed by atoms with E-state index >= 15 is 0 Å². The van der Waals surface area contributed by atoms with E-state index in [1.807, 2.05) is 0 Å². The van der Waals surface area contributed by atoms with Gasteiger partial charge in [-0.1, -0.05) is 0 Å². The lowest BCUT2D eigenvalue weighted by Crippen LogP contribution is -1.81. The lowest BCUT2D eigenvalue weighted by atomic mass is 10.3. The molecule has 4 heteroatoms. The number of anilines is 1. The summed E-state index contributed by atoms with van der Waals surface area (Å²) in [4.78, 5) is 0. The summed E-state index contributed by atoms with van der Waals surface area (Å²) in [5.74, 6) is 0.471. The average Bonchev–Trinajstić information content (AvgIpc) is 2.42. The molecule has 1 saturated carbocycles. The van der Waals surface area contributed by atoms with E-state index in [1.54, 1.807) is 6.07 Å². The molecule has 0 unspecified atom stereocenters. The number of nitrogens with zero attached hydrogens (tertiary/aromatic N) is 1. The Bertz CT molecular complexity index is 245. The average molecular weight is 141 g/mol. The van der Waals surface area contributed by atoms with Crippen molar-refractivity contribution in [1.82, 2.24) is 10.2 Å². The molecule has 54 valence electrons. The summed E-state index contributed by atoms with van der Waals surface area (Å²) in [6, 6.07) is 1.68. The van der Waals surface area contributed by atoms with E-state index in [1.165, 1.54) is 0 Å². The third-order valence-electron chi connectivity index (χ3n) is 1.73. The number of nitrogens with two attached hydrogens (primary N) is 1. The van der Waals surface area contributed by atoms with E-state index in [2.05, 4.69) is 10.2 Å². The molecule has 10 heavy (non-hydrogen) atoms. The van der Waals surface area contributed by atoms with Crippen molar-refractivity contribution in [2.24, 2.45) is 0 Å². The summed E-state index contributed by atoms with van der Waals surface area (Å²) >= 11 is 0. The normalized spacial score (nSPS) is 30.5. The molecule has 1 aromatic heterocycles. The van der Waals surface area contributed by atoms with Gasteiger partial charge in [-0.3, -0.25) is 5.10 Å². The van der Waals surface area contributed by atoms with Crippen LogP contribution in [0.25, 0.3) is 0 Å². The molecule has 0 radical (unpaired) electrons. The smallest absolute Gasteiger partial charge is 0.145 e. The third-order valence-corrected chi connectivity index (χ3v) is 1.73. The van der Waals surface area contributed by atoms with Crippen LogP contribution in [-0.4, -0.2) is 16.4 Å². The Balaban J connectivity index is 2.20. The summed E-state index contributed by atoms with van der Waals surface area (Å²) in [6.07, 6.45) is -0.0680. The van der Waals surface area contributed by atoms with E-state index in [0.717, 1.165) is 5.69 Å². The first-order valence-corrected chi connectivity index (χ1v) is 3.22. The Kier molecular flexibility index (Phi) is 0.977. The van der Waals surface area contributed by atoms with E-state index in [9.17, 15) is 4.39 Å². The van der Waals surface area contributed by atoms with Gasteiger partial charge in [-0.15, -0.1) is 0 Å². The van der Waals surface area contributed by atoms with E-state index in [0.29, 0.717) is 12.2 Å². The Hall–Kier alpha value is -1.06. The fraction of sp³-hybridized carbons (Fsp3) is 0.500. The number of hydrogen-bond acceptors (Lipinski definition) is 2. The van der Waals surface area contributed by atoms with Crippen molar-refractivity contribution in [1.29, 1.82) is 0 Å². The van der Waals surface area contributed by atoms with Crippen molar-refractivity contribution in [2.75, 3.05) is 5.73 Å². The molecule has 3 nitrogen and oxygen atoms in total. The van der Waals surface area contributed by atoms with Crippen LogP contribution in [0.2, 0.25) is 0 Å². The molecule has 0 aromatic carbocycles. The number of hydrogen-bond donors (Lipinski definition) is 2. The highest BCUT2D eigenvalue weighted by molar-refractivity contribution is 5.32. The summed E-state index contributed by atoms with van der Waals surface area (Å²) in [7, 11) is 0. The largest absolute Gasteiger partial charge is 0.382 e. The van der Waals surface area contributed by atoms with Crippen LogP contribution in [0.1, 0.15) is 18.0 Å². The molecule has 1 aromatic rings. The number of rotatable bonds is 1. The Morgan fingerprint density at radius 3 is 2.90 bits per heavy atom. The topological polar surface area (TPSA) is 54.7 Å². The lowest BCUT2D eigenvalue weighted by molar-refractivity contribution is 0.466. The number of H-pyrrole nitrogens is 1. The maximum absolute atomic E-state index is 12.4. The second-order valence-electron chi connectivity index (χ2n) is 2.61. The lowest BCUT2D eigenvalue weighted by Gasteiger charge is -1.84. The molecule has 0 saturated heterocycles. The van der Waals surface area contributed by atoms with Gasteiger partial charge in [-0.05, 0) is 6.42 Å². The van der Waals surface area contributed by atoms with Gasteiger partial charge < -0.3 is 5.73 Å².